The van der Waals surface area contributed by atoms with Gasteiger partial charge in [0.1, 0.15) is 11.6 Å². The smallest absolute Gasteiger partial charge is 0.349 e. The number of carbonyl (C=O) groups is 2. The van der Waals surface area contributed by atoms with Crippen LogP contribution >= 0.6 is 0 Å². The normalized spacial score (nSPS) is 11.2. The molecule has 0 aliphatic carbocycles. The molecule has 0 bridgehead atoms. The largest absolute Gasteiger partial charge is 0.453 e. The summed E-state index contributed by atoms with van der Waals surface area (Å²) in [7, 11) is 1.64. The molecule has 6 nitrogen and oxygen atoms in total. The van der Waals surface area contributed by atoms with Crippen LogP contribution in [0.3, 0.4) is 0 Å². The number of benzene rings is 1. The molecule has 1 heterocycles. The lowest BCUT2D eigenvalue weighted by Gasteiger charge is -2.08. The van der Waals surface area contributed by atoms with Gasteiger partial charge in [-0.2, -0.15) is 5.26 Å². The van der Waals surface area contributed by atoms with E-state index < -0.39 is 12.6 Å². The molecular formula is C23H26N2O4. The number of ether oxygens (including phenoxy) is 2. The minimum Gasteiger partial charge on any atom is -0.453 e. The monoisotopic (exact) mass is 394 g/mol. The quantitative estimate of drug-likeness (QED) is 0.295. The van der Waals surface area contributed by atoms with Crippen LogP contribution in [0.15, 0.2) is 29.8 Å². The Morgan fingerprint density at radius 3 is 2.52 bits per heavy atom. The summed E-state index contributed by atoms with van der Waals surface area (Å²) in [6.45, 7) is 8.48. The standard InChI is InChI=1S/C23H26N2O4/c1-15-6-7-21(16(2)10-15)22(26)14-29-23(27)20(13-24)12-19-11-17(3)25(18(19)4)8-9-28-5/h6-7,10-12H,8-9,14H2,1-5H3/b20-12+. The highest BCUT2D eigenvalue weighted by atomic mass is 16.5. The van der Waals surface area contributed by atoms with E-state index in [1.807, 2.05) is 52.0 Å². The predicted octanol–water partition coefficient (Wildman–Crippen LogP) is 3.70. The lowest BCUT2D eigenvalue weighted by molar-refractivity contribution is -0.137. The molecule has 0 saturated carbocycles. The lowest BCUT2D eigenvalue weighted by Crippen LogP contribution is -2.16. The van der Waals surface area contributed by atoms with Crippen molar-refractivity contribution in [2.75, 3.05) is 20.3 Å². The Bertz CT molecular complexity index is 993. The van der Waals surface area contributed by atoms with Gasteiger partial charge in [0, 0.05) is 30.6 Å². The molecule has 152 valence electrons. The molecule has 2 aromatic rings. The van der Waals surface area contributed by atoms with Crippen molar-refractivity contribution in [3.8, 4) is 6.07 Å². The maximum atomic E-state index is 12.4. The molecule has 0 aliphatic heterocycles. The van der Waals surface area contributed by atoms with Crippen molar-refractivity contribution >= 4 is 17.8 Å². The number of methoxy groups -OCH3 is 1. The molecule has 1 aromatic heterocycles. The average molecular weight is 394 g/mol. The third-order valence-electron chi connectivity index (χ3n) is 4.79. The SMILES string of the molecule is COCCn1c(C)cc(/C=C(\C#N)C(=O)OCC(=O)c2ccc(C)cc2C)c1C. The van der Waals surface area contributed by atoms with Gasteiger partial charge in [0.25, 0.3) is 0 Å². The summed E-state index contributed by atoms with van der Waals surface area (Å²) in [5, 5.41) is 9.39. The Hall–Kier alpha value is -3.17. The number of hydrogen-bond acceptors (Lipinski definition) is 5. The van der Waals surface area contributed by atoms with Crippen LogP contribution in [0, 0.1) is 39.0 Å². The third kappa shape index (κ3) is 5.43. The summed E-state index contributed by atoms with van der Waals surface area (Å²) in [5.74, 6) is -1.11. The lowest BCUT2D eigenvalue weighted by atomic mass is 10.0. The molecule has 29 heavy (non-hydrogen) atoms. The zero-order valence-electron chi connectivity index (χ0n) is 17.5. The Morgan fingerprint density at radius 2 is 1.90 bits per heavy atom. The van der Waals surface area contributed by atoms with E-state index in [9.17, 15) is 14.9 Å². The minimum absolute atomic E-state index is 0.148. The first-order chi connectivity index (χ1) is 13.8. The van der Waals surface area contributed by atoms with Crippen molar-refractivity contribution in [2.24, 2.45) is 0 Å². The van der Waals surface area contributed by atoms with Crippen molar-refractivity contribution in [3.05, 3.63) is 63.5 Å². The van der Waals surface area contributed by atoms with Gasteiger partial charge in [-0.1, -0.05) is 23.8 Å². The summed E-state index contributed by atoms with van der Waals surface area (Å²) in [4.78, 5) is 24.7. The molecule has 1 aromatic carbocycles. The molecule has 0 unspecified atom stereocenters. The first-order valence-corrected chi connectivity index (χ1v) is 9.33. The van der Waals surface area contributed by atoms with Crippen LogP contribution in [0.4, 0.5) is 0 Å². The highest BCUT2D eigenvalue weighted by Gasteiger charge is 2.17. The van der Waals surface area contributed by atoms with Crippen molar-refractivity contribution in [1.82, 2.24) is 4.57 Å². The number of aryl methyl sites for hydroxylation is 3. The van der Waals surface area contributed by atoms with Gasteiger partial charge in [-0.3, -0.25) is 4.79 Å². The van der Waals surface area contributed by atoms with Crippen LogP contribution in [0.25, 0.3) is 6.08 Å². The molecule has 6 heteroatoms. The molecule has 0 amide bonds. The first-order valence-electron chi connectivity index (χ1n) is 9.33. The van der Waals surface area contributed by atoms with E-state index in [4.69, 9.17) is 9.47 Å². The summed E-state index contributed by atoms with van der Waals surface area (Å²) in [6.07, 6.45) is 1.50. The second-order valence-corrected chi connectivity index (χ2v) is 6.96. The zero-order valence-corrected chi connectivity index (χ0v) is 17.5. The van der Waals surface area contributed by atoms with E-state index in [-0.39, 0.29) is 11.4 Å². The number of hydrogen-bond donors (Lipinski definition) is 0. The molecule has 0 spiro atoms. The van der Waals surface area contributed by atoms with E-state index >= 15 is 0 Å². The van der Waals surface area contributed by atoms with Gasteiger partial charge in [0.05, 0.1) is 6.61 Å². The molecular weight excluding hydrogens is 368 g/mol. The molecule has 0 radical (unpaired) electrons. The van der Waals surface area contributed by atoms with Crippen LogP contribution < -0.4 is 0 Å². The average Bonchev–Trinajstić information content (AvgIpc) is 2.95. The number of Topliss-reactive ketones (excluding diaryl/α,β-unsaturated/α-hetero) is 1. The number of aromatic nitrogens is 1. The zero-order chi connectivity index (χ0) is 21.6. The van der Waals surface area contributed by atoms with Crippen molar-refractivity contribution in [3.63, 3.8) is 0 Å². The van der Waals surface area contributed by atoms with Gasteiger partial charge < -0.3 is 14.0 Å². The maximum Gasteiger partial charge on any atom is 0.349 e. The summed E-state index contributed by atoms with van der Waals surface area (Å²) >= 11 is 0. The van der Waals surface area contributed by atoms with E-state index in [2.05, 4.69) is 4.57 Å². The van der Waals surface area contributed by atoms with Crippen molar-refractivity contribution in [1.29, 1.82) is 5.26 Å². The fraction of sp³-hybridized carbons (Fsp3) is 0.348. The van der Waals surface area contributed by atoms with Crippen LogP contribution in [-0.4, -0.2) is 36.6 Å². The fourth-order valence-corrected chi connectivity index (χ4v) is 3.21. The molecule has 0 saturated heterocycles. The van der Waals surface area contributed by atoms with Gasteiger partial charge in [0.2, 0.25) is 5.78 Å². The number of carbonyl (C=O) groups excluding carboxylic acids is 2. The summed E-state index contributed by atoms with van der Waals surface area (Å²) < 4.78 is 12.3. The van der Waals surface area contributed by atoms with Gasteiger partial charge >= 0.3 is 5.97 Å². The van der Waals surface area contributed by atoms with E-state index in [1.54, 1.807) is 13.2 Å². The fourth-order valence-electron chi connectivity index (χ4n) is 3.21. The van der Waals surface area contributed by atoms with Gasteiger partial charge in [-0.15, -0.1) is 0 Å². The van der Waals surface area contributed by atoms with E-state index in [1.165, 1.54) is 6.08 Å². The summed E-state index contributed by atoms with van der Waals surface area (Å²) in [5.41, 5.74) is 4.91. The van der Waals surface area contributed by atoms with E-state index in [0.717, 1.165) is 28.1 Å². The number of nitrogens with zero attached hydrogens (tertiary/aromatic N) is 2. The first kappa shape index (κ1) is 22.1. The Kier molecular flexibility index (Phi) is 7.52. The highest BCUT2D eigenvalue weighted by molar-refractivity contribution is 6.02. The minimum atomic E-state index is -0.813. The summed E-state index contributed by atoms with van der Waals surface area (Å²) in [6, 6.07) is 9.22. The van der Waals surface area contributed by atoms with Gasteiger partial charge in [0.15, 0.2) is 6.61 Å². The van der Waals surface area contributed by atoms with E-state index in [0.29, 0.717) is 18.7 Å². The maximum absolute atomic E-state index is 12.4. The molecule has 0 N–H and O–H groups in total. The van der Waals surface area contributed by atoms with Crippen LogP contribution in [0.1, 0.15) is 38.4 Å². The van der Waals surface area contributed by atoms with Crippen molar-refractivity contribution in [2.45, 2.75) is 34.2 Å². The number of ketones is 1. The Balaban J connectivity index is 2.13. The van der Waals surface area contributed by atoms with Crippen LogP contribution in [0.2, 0.25) is 0 Å². The number of esters is 1. The topological polar surface area (TPSA) is 81.3 Å². The third-order valence-corrected chi connectivity index (χ3v) is 4.79. The highest BCUT2D eigenvalue weighted by Crippen LogP contribution is 2.19. The Labute approximate surface area is 171 Å². The van der Waals surface area contributed by atoms with Gasteiger partial charge in [-0.05, 0) is 51.0 Å². The second kappa shape index (κ2) is 9.85. The van der Waals surface area contributed by atoms with Gasteiger partial charge in [-0.25, -0.2) is 4.79 Å². The second-order valence-electron chi connectivity index (χ2n) is 6.96. The Morgan fingerprint density at radius 1 is 1.17 bits per heavy atom. The number of nitriles is 1. The number of rotatable bonds is 8. The predicted molar refractivity (Wildman–Crippen MR) is 111 cm³/mol. The molecule has 2 rings (SSSR count). The molecule has 0 fully saturated rings. The molecule has 0 aliphatic rings. The van der Waals surface area contributed by atoms with Crippen LogP contribution in [0.5, 0.6) is 0 Å². The van der Waals surface area contributed by atoms with Crippen LogP contribution in [-0.2, 0) is 20.8 Å². The van der Waals surface area contributed by atoms with Crippen molar-refractivity contribution < 1.29 is 19.1 Å². The molecule has 0 atom stereocenters.